The molecule has 3 nitrogen and oxygen atoms in total. The predicted octanol–water partition coefficient (Wildman–Crippen LogP) is 2.69. The summed E-state index contributed by atoms with van der Waals surface area (Å²) in [6.45, 7) is 0. The monoisotopic (exact) mass is 295 g/mol. The van der Waals surface area contributed by atoms with Gasteiger partial charge in [-0.25, -0.2) is 4.39 Å². The summed E-state index contributed by atoms with van der Waals surface area (Å²) >= 11 is 3.19. The molecule has 1 N–H and O–H groups in total. The SMILES string of the molecule is CNC(c1ccnnc1)c1cccc(Br)c1F. The van der Waals surface area contributed by atoms with Gasteiger partial charge in [-0.05, 0) is 40.7 Å². The van der Waals surface area contributed by atoms with Gasteiger partial charge in [0.25, 0.3) is 0 Å². The molecule has 0 aliphatic carbocycles. The summed E-state index contributed by atoms with van der Waals surface area (Å²) < 4.78 is 14.5. The Kier molecular flexibility index (Phi) is 3.81. The Labute approximate surface area is 107 Å². The maximum Gasteiger partial charge on any atom is 0.142 e. The molecule has 2 aromatic rings. The first kappa shape index (κ1) is 12.1. The Morgan fingerprint density at radius 3 is 2.76 bits per heavy atom. The van der Waals surface area contributed by atoms with E-state index in [0.29, 0.717) is 10.0 Å². The van der Waals surface area contributed by atoms with Crippen molar-refractivity contribution in [1.29, 1.82) is 0 Å². The highest BCUT2D eigenvalue weighted by Gasteiger charge is 2.17. The van der Waals surface area contributed by atoms with Crippen LogP contribution in [0.4, 0.5) is 4.39 Å². The van der Waals surface area contributed by atoms with Crippen LogP contribution in [-0.4, -0.2) is 17.2 Å². The van der Waals surface area contributed by atoms with Crippen LogP contribution in [0.25, 0.3) is 0 Å². The van der Waals surface area contributed by atoms with Gasteiger partial charge in [0.05, 0.1) is 16.7 Å². The fourth-order valence-electron chi connectivity index (χ4n) is 1.72. The molecule has 0 spiro atoms. The van der Waals surface area contributed by atoms with E-state index in [4.69, 9.17) is 0 Å². The molecule has 0 radical (unpaired) electrons. The third-order valence-electron chi connectivity index (χ3n) is 2.52. The zero-order valence-corrected chi connectivity index (χ0v) is 10.8. The lowest BCUT2D eigenvalue weighted by Gasteiger charge is -2.17. The number of hydrogen-bond acceptors (Lipinski definition) is 3. The van der Waals surface area contributed by atoms with Gasteiger partial charge in [0.1, 0.15) is 5.82 Å². The Balaban J connectivity index is 2.46. The molecule has 1 atom stereocenters. The number of benzene rings is 1. The molecule has 0 aliphatic rings. The zero-order valence-electron chi connectivity index (χ0n) is 9.19. The third-order valence-corrected chi connectivity index (χ3v) is 3.13. The van der Waals surface area contributed by atoms with Crippen molar-refractivity contribution in [2.24, 2.45) is 0 Å². The summed E-state index contributed by atoms with van der Waals surface area (Å²) in [6.07, 6.45) is 3.22. The van der Waals surface area contributed by atoms with Crippen molar-refractivity contribution in [3.05, 3.63) is 58.1 Å². The number of halogens is 2. The van der Waals surface area contributed by atoms with E-state index < -0.39 is 0 Å². The van der Waals surface area contributed by atoms with Crippen LogP contribution in [0.3, 0.4) is 0 Å². The van der Waals surface area contributed by atoms with Crippen molar-refractivity contribution in [3.8, 4) is 0 Å². The second-order valence-electron chi connectivity index (χ2n) is 3.54. The maximum absolute atomic E-state index is 14.0. The van der Waals surface area contributed by atoms with Crippen LogP contribution in [0.2, 0.25) is 0 Å². The molecule has 17 heavy (non-hydrogen) atoms. The lowest BCUT2D eigenvalue weighted by molar-refractivity contribution is 0.570. The van der Waals surface area contributed by atoms with Gasteiger partial charge < -0.3 is 5.32 Å². The van der Waals surface area contributed by atoms with Crippen molar-refractivity contribution in [2.75, 3.05) is 7.05 Å². The summed E-state index contributed by atoms with van der Waals surface area (Å²) in [7, 11) is 1.78. The minimum atomic E-state index is -0.260. The molecule has 1 aromatic heterocycles. The molecule has 0 amide bonds. The molecule has 0 saturated carbocycles. The molecule has 5 heteroatoms. The summed E-state index contributed by atoms with van der Waals surface area (Å²) in [5.41, 5.74) is 1.45. The second kappa shape index (κ2) is 5.33. The van der Waals surface area contributed by atoms with E-state index in [-0.39, 0.29) is 11.9 Å². The van der Waals surface area contributed by atoms with Gasteiger partial charge in [-0.2, -0.15) is 10.2 Å². The quantitative estimate of drug-likeness (QED) is 0.946. The Hall–Kier alpha value is -1.33. The molecular formula is C12H11BrFN3. The zero-order chi connectivity index (χ0) is 12.3. The maximum atomic E-state index is 14.0. The molecule has 0 bridgehead atoms. The molecule has 0 fully saturated rings. The second-order valence-corrected chi connectivity index (χ2v) is 4.39. The van der Waals surface area contributed by atoms with Gasteiger partial charge >= 0.3 is 0 Å². The summed E-state index contributed by atoms with van der Waals surface area (Å²) in [5.74, 6) is -0.260. The Morgan fingerprint density at radius 2 is 2.12 bits per heavy atom. The van der Waals surface area contributed by atoms with Gasteiger partial charge in [-0.15, -0.1) is 0 Å². The van der Waals surface area contributed by atoms with Gasteiger partial charge in [0, 0.05) is 11.8 Å². The third kappa shape index (κ3) is 2.50. The van der Waals surface area contributed by atoms with Crippen molar-refractivity contribution >= 4 is 15.9 Å². The summed E-state index contributed by atoms with van der Waals surface area (Å²) in [4.78, 5) is 0. The average Bonchev–Trinajstić information content (AvgIpc) is 2.37. The molecule has 1 heterocycles. The van der Waals surface area contributed by atoms with Crippen LogP contribution in [0, 0.1) is 5.82 Å². The van der Waals surface area contributed by atoms with Crippen LogP contribution in [0.15, 0.2) is 41.1 Å². The van der Waals surface area contributed by atoms with Crippen molar-refractivity contribution in [1.82, 2.24) is 15.5 Å². The van der Waals surface area contributed by atoms with Crippen LogP contribution >= 0.6 is 15.9 Å². The first-order valence-electron chi connectivity index (χ1n) is 5.12. The van der Waals surface area contributed by atoms with E-state index in [1.54, 1.807) is 37.6 Å². The first-order chi connectivity index (χ1) is 8.24. The minimum absolute atomic E-state index is 0.233. The standard InChI is InChI=1S/C12H11BrFN3/c1-15-12(8-5-6-16-17-7-8)9-3-2-4-10(13)11(9)14/h2-7,12,15H,1H3. The fourth-order valence-corrected chi connectivity index (χ4v) is 2.10. The highest BCUT2D eigenvalue weighted by Crippen LogP contribution is 2.27. The molecule has 1 unspecified atom stereocenters. The molecule has 88 valence electrons. The van der Waals surface area contributed by atoms with Crippen LogP contribution in [0.1, 0.15) is 17.2 Å². The van der Waals surface area contributed by atoms with Crippen LogP contribution < -0.4 is 5.32 Å². The number of nitrogens with zero attached hydrogens (tertiary/aromatic N) is 2. The Morgan fingerprint density at radius 1 is 1.29 bits per heavy atom. The number of aromatic nitrogens is 2. The van der Waals surface area contributed by atoms with Crippen molar-refractivity contribution in [3.63, 3.8) is 0 Å². The van der Waals surface area contributed by atoms with E-state index in [0.717, 1.165) is 5.56 Å². The smallest absolute Gasteiger partial charge is 0.142 e. The van der Waals surface area contributed by atoms with Crippen LogP contribution in [-0.2, 0) is 0 Å². The van der Waals surface area contributed by atoms with Crippen molar-refractivity contribution in [2.45, 2.75) is 6.04 Å². The van der Waals surface area contributed by atoms with Gasteiger partial charge in [-0.1, -0.05) is 12.1 Å². The number of nitrogens with one attached hydrogen (secondary N) is 1. The van der Waals surface area contributed by atoms with E-state index in [9.17, 15) is 4.39 Å². The molecule has 0 saturated heterocycles. The Bertz CT molecular complexity index is 504. The summed E-state index contributed by atoms with van der Waals surface area (Å²) in [5, 5.41) is 10.6. The number of rotatable bonds is 3. The predicted molar refractivity (Wildman–Crippen MR) is 67.0 cm³/mol. The lowest BCUT2D eigenvalue weighted by atomic mass is 10.0. The highest BCUT2D eigenvalue weighted by atomic mass is 79.9. The molecule has 1 aromatic carbocycles. The van der Waals surface area contributed by atoms with Crippen LogP contribution in [0.5, 0.6) is 0 Å². The normalized spacial score (nSPS) is 12.4. The summed E-state index contributed by atoms with van der Waals surface area (Å²) in [6, 6.07) is 6.82. The fraction of sp³-hybridized carbons (Fsp3) is 0.167. The van der Waals surface area contributed by atoms with E-state index in [1.165, 1.54) is 0 Å². The number of hydrogen-bond donors (Lipinski definition) is 1. The van der Waals surface area contributed by atoms with E-state index >= 15 is 0 Å². The first-order valence-corrected chi connectivity index (χ1v) is 5.91. The largest absolute Gasteiger partial charge is 0.309 e. The van der Waals surface area contributed by atoms with E-state index in [2.05, 4.69) is 31.4 Å². The molecule has 2 rings (SSSR count). The average molecular weight is 296 g/mol. The van der Waals surface area contributed by atoms with Gasteiger partial charge in [0.15, 0.2) is 0 Å². The molecular weight excluding hydrogens is 285 g/mol. The van der Waals surface area contributed by atoms with E-state index in [1.807, 2.05) is 6.07 Å². The minimum Gasteiger partial charge on any atom is -0.309 e. The van der Waals surface area contributed by atoms with Gasteiger partial charge in [0.2, 0.25) is 0 Å². The van der Waals surface area contributed by atoms with Gasteiger partial charge in [-0.3, -0.25) is 0 Å². The lowest BCUT2D eigenvalue weighted by Crippen LogP contribution is -2.19. The highest BCUT2D eigenvalue weighted by molar-refractivity contribution is 9.10. The topological polar surface area (TPSA) is 37.8 Å². The van der Waals surface area contributed by atoms with Crippen molar-refractivity contribution < 1.29 is 4.39 Å². The molecule has 0 aliphatic heterocycles.